The molecular formula is C21H21NO4. The van der Waals surface area contributed by atoms with Gasteiger partial charge in [-0.15, -0.1) is 0 Å². The van der Waals surface area contributed by atoms with E-state index in [0.29, 0.717) is 35.4 Å². The SMILES string of the molecule is CCOc1ccc(C(C)=O)cc1N1C(=O)[C@H]2[C@@H]3C=C[C@H]([C@H]4C[C@H]34)[C@@H]2C1=O. The van der Waals surface area contributed by atoms with Crippen molar-refractivity contribution in [2.75, 3.05) is 11.5 Å². The van der Waals surface area contributed by atoms with Crippen molar-refractivity contribution in [1.82, 2.24) is 0 Å². The van der Waals surface area contributed by atoms with Crippen molar-refractivity contribution in [2.45, 2.75) is 20.3 Å². The van der Waals surface area contributed by atoms with Crippen LogP contribution < -0.4 is 9.64 Å². The smallest absolute Gasteiger partial charge is 0.238 e. The number of imide groups is 1. The lowest BCUT2D eigenvalue weighted by Gasteiger charge is -2.37. The number of amides is 2. The Labute approximate surface area is 152 Å². The van der Waals surface area contributed by atoms with Crippen LogP contribution in [0.15, 0.2) is 30.4 Å². The Morgan fingerprint density at radius 3 is 2.27 bits per heavy atom. The summed E-state index contributed by atoms with van der Waals surface area (Å²) in [6.45, 7) is 3.75. The minimum Gasteiger partial charge on any atom is -0.492 e. The van der Waals surface area contributed by atoms with Crippen molar-refractivity contribution in [1.29, 1.82) is 0 Å². The number of nitrogens with zero attached hydrogens (tertiary/aromatic N) is 1. The Hall–Kier alpha value is -2.43. The molecule has 2 bridgehead atoms. The first-order chi connectivity index (χ1) is 12.5. The monoisotopic (exact) mass is 351 g/mol. The minimum absolute atomic E-state index is 0.103. The maximum Gasteiger partial charge on any atom is 0.238 e. The van der Waals surface area contributed by atoms with Gasteiger partial charge in [0, 0.05) is 5.56 Å². The van der Waals surface area contributed by atoms with Gasteiger partial charge in [-0.2, -0.15) is 0 Å². The van der Waals surface area contributed by atoms with Gasteiger partial charge in [0.25, 0.3) is 0 Å². The van der Waals surface area contributed by atoms with Crippen LogP contribution in [0.5, 0.6) is 5.75 Å². The second kappa shape index (κ2) is 5.29. The van der Waals surface area contributed by atoms with Crippen molar-refractivity contribution in [3.8, 4) is 5.75 Å². The van der Waals surface area contributed by atoms with E-state index in [9.17, 15) is 14.4 Å². The number of anilines is 1. The van der Waals surface area contributed by atoms with Gasteiger partial charge in [-0.05, 0) is 62.1 Å². The van der Waals surface area contributed by atoms with E-state index in [0.717, 1.165) is 6.42 Å². The molecule has 0 aromatic heterocycles. The molecule has 5 nitrogen and oxygen atoms in total. The molecule has 6 rings (SSSR count). The summed E-state index contributed by atoms with van der Waals surface area (Å²) in [6.07, 6.45) is 5.45. The molecule has 26 heavy (non-hydrogen) atoms. The molecular weight excluding hydrogens is 330 g/mol. The van der Waals surface area contributed by atoms with E-state index in [-0.39, 0.29) is 41.3 Å². The fraction of sp³-hybridized carbons (Fsp3) is 0.476. The maximum atomic E-state index is 13.3. The first kappa shape index (κ1) is 15.8. The Morgan fingerprint density at radius 1 is 1.12 bits per heavy atom. The van der Waals surface area contributed by atoms with Crippen LogP contribution in [0, 0.1) is 35.5 Å². The van der Waals surface area contributed by atoms with Crippen LogP contribution in [0.25, 0.3) is 0 Å². The third-order valence-electron chi connectivity index (χ3n) is 6.57. The summed E-state index contributed by atoms with van der Waals surface area (Å²) in [5, 5.41) is 0. The van der Waals surface area contributed by atoms with Gasteiger partial charge in [-0.3, -0.25) is 14.4 Å². The number of ether oxygens (including phenoxy) is 1. The quantitative estimate of drug-likeness (QED) is 0.475. The van der Waals surface area contributed by atoms with Crippen LogP contribution >= 0.6 is 0 Å². The highest BCUT2D eigenvalue weighted by atomic mass is 16.5. The van der Waals surface area contributed by atoms with Crippen LogP contribution in [0.2, 0.25) is 0 Å². The Balaban J connectivity index is 1.59. The second-order valence-corrected chi connectivity index (χ2v) is 7.84. The van der Waals surface area contributed by atoms with Crippen LogP contribution in [0.1, 0.15) is 30.6 Å². The number of carbonyl (C=O) groups is 3. The highest BCUT2D eigenvalue weighted by molar-refractivity contribution is 6.23. The number of allylic oxidation sites excluding steroid dienone is 2. The van der Waals surface area contributed by atoms with Crippen LogP contribution in [0.3, 0.4) is 0 Å². The van der Waals surface area contributed by atoms with Crippen LogP contribution in [0.4, 0.5) is 5.69 Å². The molecule has 6 atom stereocenters. The Morgan fingerprint density at radius 2 is 1.73 bits per heavy atom. The molecule has 0 spiro atoms. The van der Waals surface area contributed by atoms with Gasteiger partial charge >= 0.3 is 0 Å². The topological polar surface area (TPSA) is 63.7 Å². The molecule has 0 N–H and O–H groups in total. The van der Waals surface area contributed by atoms with Crippen molar-refractivity contribution in [3.63, 3.8) is 0 Å². The van der Waals surface area contributed by atoms with E-state index in [4.69, 9.17) is 4.74 Å². The lowest BCUT2D eigenvalue weighted by molar-refractivity contribution is -0.124. The predicted octanol–water partition coefficient (Wildman–Crippen LogP) is 2.85. The Kier molecular flexibility index (Phi) is 3.21. The van der Waals surface area contributed by atoms with E-state index in [1.165, 1.54) is 11.8 Å². The van der Waals surface area contributed by atoms with Crippen molar-refractivity contribution in [3.05, 3.63) is 35.9 Å². The first-order valence-electron chi connectivity index (χ1n) is 9.36. The van der Waals surface area contributed by atoms with E-state index in [1.54, 1.807) is 18.2 Å². The molecule has 5 aliphatic rings. The molecule has 2 amide bonds. The van der Waals surface area contributed by atoms with Crippen LogP contribution in [-0.4, -0.2) is 24.2 Å². The fourth-order valence-corrected chi connectivity index (χ4v) is 5.38. The number of Topliss-reactive ketones (excluding diaryl/α,β-unsaturated/α-hetero) is 1. The van der Waals surface area contributed by atoms with E-state index < -0.39 is 0 Å². The van der Waals surface area contributed by atoms with E-state index in [1.807, 2.05) is 6.92 Å². The number of carbonyl (C=O) groups excluding carboxylic acids is 3. The highest BCUT2D eigenvalue weighted by Gasteiger charge is 2.67. The number of rotatable bonds is 4. The summed E-state index contributed by atoms with van der Waals surface area (Å²) < 4.78 is 5.66. The summed E-state index contributed by atoms with van der Waals surface area (Å²) >= 11 is 0. The van der Waals surface area contributed by atoms with Crippen molar-refractivity contribution < 1.29 is 19.1 Å². The largest absolute Gasteiger partial charge is 0.492 e. The second-order valence-electron chi connectivity index (χ2n) is 7.84. The zero-order valence-electron chi connectivity index (χ0n) is 14.8. The third kappa shape index (κ3) is 1.94. The predicted molar refractivity (Wildman–Crippen MR) is 94.8 cm³/mol. The highest BCUT2D eigenvalue weighted by Crippen LogP contribution is 2.65. The molecule has 134 valence electrons. The zero-order chi connectivity index (χ0) is 18.2. The summed E-state index contributed by atoms with van der Waals surface area (Å²) in [6, 6.07) is 4.98. The van der Waals surface area contributed by atoms with Gasteiger partial charge in [0.1, 0.15) is 5.75 Å². The molecule has 1 aliphatic heterocycles. The standard InChI is InChI=1S/C21H21NO4/c1-3-26-17-7-4-11(10(2)23)8-16(17)22-20(24)18-12-5-6-13(15-9-14(12)15)19(18)21(22)25/h4-8,12-15,18-19H,3,9H2,1-2H3/t12-,13-,14-,15-,18+,19+/m1/s1. The number of hydrogen-bond acceptors (Lipinski definition) is 4. The average Bonchev–Trinajstić information content (AvgIpc) is 3.40. The number of ketones is 1. The summed E-state index contributed by atoms with van der Waals surface area (Å²) in [4.78, 5) is 39.7. The molecule has 1 aromatic carbocycles. The van der Waals surface area contributed by atoms with Gasteiger partial charge < -0.3 is 4.74 Å². The third-order valence-corrected chi connectivity index (χ3v) is 6.57. The van der Waals surface area contributed by atoms with E-state index in [2.05, 4.69) is 12.2 Å². The molecule has 5 heteroatoms. The lowest BCUT2D eigenvalue weighted by Crippen LogP contribution is -2.40. The lowest BCUT2D eigenvalue weighted by atomic mass is 9.63. The van der Waals surface area contributed by atoms with Gasteiger partial charge in [0.15, 0.2) is 5.78 Å². The van der Waals surface area contributed by atoms with Crippen molar-refractivity contribution in [2.24, 2.45) is 35.5 Å². The Bertz CT molecular complexity index is 837. The molecule has 1 saturated heterocycles. The van der Waals surface area contributed by atoms with Crippen LogP contribution in [-0.2, 0) is 9.59 Å². The molecule has 4 aliphatic carbocycles. The molecule has 0 unspecified atom stereocenters. The first-order valence-corrected chi connectivity index (χ1v) is 9.36. The fourth-order valence-electron chi connectivity index (χ4n) is 5.38. The van der Waals surface area contributed by atoms with Crippen molar-refractivity contribution >= 4 is 23.3 Å². The average molecular weight is 351 g/mol. The number of benzene rings is 1. The molecule has 2 saturated carbocycles. The van der Waals surface area contributed by atoms with Gasteiger partial charge in [0.2, 0.25) is 11.8 Å². The number of hydrogen-bond donors (Lipinski definition) is 0. The normalized spacial score (nSPS) is 36.2. The van der Waals surface area contributed by atoms with Gasteiger partial charge in [-0.25, -0.2) is 4.90 Å². The minimum atomic E-state index is -0.253. The van der Waals surface area contributed by atoms with E-state index >= 15 is 0 Å². The summed E-state index contributed by atoms with van der Waals surface area (Å²) in [7, 11) is 0. The molecule has 0 radical (unpaired) electrons. The molecule has 1 heterocycles. The van der Waals surface area contributed by atoms with Gasteiger partial charge in [-0.1, -0.05) is 12.2 Å². The summed E-state index contributed by atoms with van der Waals surface area (Å²) in [5.74, 6) is 1.10. The maximum absolute atomic E-state index is 13.3. The van der Waals surface area contributed by atoms with Gasteiger partial charge in [0.05, 0.1) is 24.1 Å². The molecule has 1 aromatic rings. The molecule has 3 fully saturated rings. The zero-order valence-corrected chi connectivity index (χ0v) is 14.8. The summed E-state index contributed by atoms with van der Waals surface area (Å²) in [5.41, 5.74) is 0.889.